The summed E-state index contributed by atoms with van der Waals surface area (Å²) in [4.78, 5) is 0. The second kappa shape index (κ2) is 19.8. The standard InChI is InChI=1S/C32H54N2/c1-3-5-7-9-11-13-15-17-19-21-23-29-25-31-27-33-34-28-32(31)26-30(29)24-22-20-18-16-14-12-10-8-6-4-2/h25-28H,3-24H2,1-2H3. The molecule has 0 atom stereocenters. The van der Waals surface area contributed by atoms with Crippen LogP contribution in [0.15, 0.2) is 24.5 Å². The van der Waals surface area contributed by atoms with E-state index in [1.54, 1.807) is 11.1 Å². The van der Waals surface area contributed by atoms with E-state index >= 15 is 0 Å². The molecule has 192 valence electrons. The molecule has 2 aromatic rings. The highest BCUT2D eigenvalue weighted by Gasteiger charge is 2.07. The lowest BCUT2D eigenvalue weighted by atomic mass is 9.94. The summed E-state index contributed by atoms with van der Waals surface area (Å²) in [7, 11) is 0. The Morgan fingerprint density at radius 1 is 0.412 bits per heavy atom. The van der Waals surface area contributed by atoms with Crippen molar-refractivity contribution in [2.75, 3.05) is 0 Å². The number of rotatable bonds is 22. The molecule has 34 heavy (non-hydrogen) atoms. The van der Waals surface area contributed by atoms with Crippen LogP contribution in [0, 0.1) is 0 Å². The predicted octanol–water partition coefficient (Wildman–Crippen LogP) is 10.6. The molecule has 0 spiro atoms. The average Bonchev–Trinajstić information content (AvgIpc) is 2.86. The van der Waals surface area contributed by atoms with Gasteiger partial charge in [-0.15, -0.1) is 0 Å². The maximum absolute atomic E-state index is 4.12. The number of hydrogen-bond donors (Lipinski definition) is 0. The molecule has 0 aliphatic carbocycles. The summed E-state index contributed by atoms with van der Waals surface area (Å²) < 4.78 is 0. The number of hydrogen-bond acceptors (Lipinski definition) is 2. The van der Waals surface area contributed by atoms with Gasteiger partial charge in [-0.3, -0.25) is 0 Å². The third-order valence-corrected chi connectivity index (χ3v) is 7.46. The molecule has 0 amide bonds. The molecular formula is C32H54N2. The summed E-state index contributed by atoms with van der Waals surface area (Å²) >= 11 is 0. The molecule has 0 fully saturated rings. The average molecular weight is 467 g/mol. The Bertz CT molecular complexity index is 676. The fraction of sp³-hybridized carbons (Fsp3) is 0.750. The van der Waals surface area contributed by atoms with Crippen molar-refractivity contribution in [3.8, 4) is 0 Å². The van der Waals surface area contributed by atoms with Crippen LogP contribution in [0.5, 0.6) is 0 Å². The fourth-order valence-electron chi connectivity index (χ4n) is 5.21. The first-order valence-corrected chi connectivity index (χ1v) is 15.1. The zero-order chi connectivity index (χ0) is 24.1. The van der Waals surface area contributed by atoms with Crippen molar-refractivity contribution < 1.29 is 0 Å². The zero-order valence-corrected chi connectivity index (χ0v) is 22.8. The van der Waals surface area contributed by atoms with Crippen molar-refractivity contribution in [1.29, 1.82) is 0 Å². The van der Waals surface area contributed by atoms with E-state index in [-0.39, 0.29) is 0 Å². The van der Waals surface area contributed by atoms with Gasteiger partial charge in [0, 0.05) is 10.8 Å². The number of unbranched alkanes of at least 4 members (excludes halogenated alkanes) is 18. The molecule has 0 N–H and O–H groups in total. The molecule has 2 rings (SSSR count). The maximum Gasteiger partial charge on any atom is 0.0574 e. The lowest BCUT2D eigenvalue weighted by molar-refractivity contribution is 0.553. The van der Waals surface area contributed by atoms with Crippen LogP contribution in [0.25, 0.3) is 10.8 Å². The van der Waals surface area contributed by atoms with E-state index in [4.69, 9.17) is 0 Å². The number of nitrogens with zero attached hydrogens (tertiary/aromatic N) is 2. The fourth-order valence-corrected chi connectivity index (χ4v) is 5.21. The Balaban J connectivity index is 1.67. The molecule has 1 aromatic carbocycles. The van der Waals surface area contributed by atoms with Crippen LogP contribution in [0.1, 0.15) is 153 Å². The number of aryl methyl sites for hydroxylation is 2. The highest BCUT2D eigenvalue weighted by Crippen LogP contribution is 2.23. The van der Waals surface area contributed by atoms with Gasteiger partial charge in [-0.1, -0.05) is 129 Å². The van der Waals surface area contributed by atoms with Crippen molar-refractivity contribution in [3.63, 3.8) is 0 Å². The molecule has 0 unspecified atom stereocenters. The summed E-state index contributed by atoms with van der Waals surface area (Å²) in [5.74, 6) is 0. The van der Waals surface area contributed by atoms with Gasteiger partial charge in [0.25, 0.3) is 0 Å². The monoisotopic (exact) mass is 466 g/mol. The molecule has 1 aromatic heterocycles. The summed E-state index contributed by atoms with van der Waals surface area (Å²) in [6, 6.07) is 4.81. The SMILES string of the molecule is CCCCCCCCCCCCc1cc2cnncc2cc1CCCCCCCCCCCC. The molecule has 0 aliphatic heterocycles. The molecular weight excluding hydrogens is 412 g/mol. The Hall–Kier alpha value is -1.44. The van der Waals surface area contributed by atoms with Gasteiger partial charge in [-0.2, -0.15) is 10.2 Å². The highest BCUT2D eigenvalue weighted by molar-refractivity contribution is 5.82. The van der Waals surface area contributed by atoms with Crippen LogP contribution in [-0.4, -0.2) is 10.2 Å². The lowest BCUT2D eigenvalue weighted by Gasteiger charge is -2.12. The molecule has 0 radical (unpaired) electrons. The molecule has 0 aliphatic rings. The van der Waals surface area contributed by atoms with Gasteiger partial charge in [0.15, 0.2) is 0 Å². The van der Waals surface area contributed by atoms with Crippen LogP contribution in [0.2, 0.25) is 0 Å². The van der Waals surface area contributed by atoms with E-state index in [0.717, 1.165) is 0 Å². The number of fused-ring (bicyclic) bond motifs is 1. The second-order valence-corrected chi connectivity index (χ2v) is 10.6. The van der Waals surface area contributed by atoms with E-state index in [1.165, 1.54) is 152 Å². The van der Waals surface area contributed by atoms with Gasteiger partial charge in [0.2, 0.25) is 0 Å². The first kappa shape index (κ1) is 28.8. The van der Waals surface area contributed by atoms with Crippen molar-refractivity contribution in [2.24, 2.45) is 0 Å². The van der Waals surface area contributed by atoms with E-state index in [2.05, 4.69) is 36.2 Å². The maximum atomic E-state index is 4.12. The Morgan fingerprint density at radius 2 is 0.706 bits per heavy atom. The summed E-state index contributed by atoms with van der Waals surface area (Å²) in [5, 5.41) is 10.7. The zero-order valence-electron chi connectivity index (χ0n) is 22.8. The van der Waals surface area contributed by atoms with E-state index in [1.807, 2.05) is 12.4 Å². The van der Waals surface area contributed by atoms with Crippen molar-refractivity contribution in [2.45, 2.75) is 155 Å². The smallest absolute Gasteiger partial charge is 0.0574 e. The van der Waals surface area contributed by atoms with Crippen molar-refractivity contribution in [1.82, 2.24) is 10.2 Å². The van der Waals surface area contributed by atoms with Gasteiger partial charge in [-0.05, 0) is 48.9 Å². The van der Waals surface area contributed by atoms with Gasteiger partial charge in [0.05, 0.1) is 12.4 Å². The van der Waals surface area contributed by atoms with Gasteiger partial charge in [0.1, 0.15) is 0 Å². The summed E-state index contributed by atoms with van der Waals surface area (Å²) in [5.41, 5.74) is 3.13. The summed E-state index contributed by atoms with van der Waals surface area (Å²) in [6.45, 7) is 4.59. The normalized spacial score (nSPS) is 11.5. The lowest BCUT2D eigenvalue weighted by Crippen LogP contribution is -1.97. The van der Waals surface area contributed by atoms with E-state index in [9.17, 15) is 0 Å². The number of benzene rings is 1. The van der Waals surface area contributed by atoms with Gasteiger partial charge >= 0.3 is 0 Å². The topological polar surface area (TPSA) is 25.8 Å². The van der Waals surface area contributed by atoms with Crippen molar-refractivity contribution >= 4 is 10.8 Å². The molecule has 0 saturated heterocycles. The highest BCUT2D eigenvalue weighted by atomic mass is 15.1. The van der Waals surface area contributed by atoms with E-state index < -0.39 is 0 Å². The van der Waals surface area contributed by atoms with Crippen LogP contribution >= 0.6 is 0 Å². The third-order valence-electron chi connectivity index (χ3n) is 7.46. The molecule has 1 heterocycles. The molecule has 2 nitrogen and oxygen atoms in total. The number of aromatic nitrogens is 2. The Kier molecular flexibility index (Phi) is 16.8. The minimum atomic E-state index is 1.22. The van der Waals surface area contributed by atoms with E-state index in [0.29, 0.717) is 0 Å². The van der Waals surface area contributed by atoms with Gasteiger partial charge < -0.3 is 0 Å². The Morgan fingerprint density at radius 3 is 1.03 bits per heavy atom. The summed E-state index contributed by atoms with van der Waals surface area (Å²) in [6.07, 6.45) is 34.4. The largest absolute Gasteiger partial charge is 0.158 e. The van der Waals surface area contributed by atoms with Crippen LogP contribution in [0.3, 0.4) is 0 Å². The van der Waals surface area contributed by atoms with Crippen molar-refractivity contribution in [3.05, 3.63) is 35.7 Å². The molecule has 2 heteroatoms. The van der Waals surface area contributed by atoms with Crippen LogP contribution in [0.4, 0.5) is 0 Å². The van der Waals surface area contributed by atoms with Crippen LogP contribution in [-0.2, 0) is 12.8 Å². The first-order valence-electron chi connectivity index (χ1n) is 15.1. The molecule has 0 bridgehead atoms. The predicted molar refractivity (Wildman–Crippen MR) is 151 cm³/mol. The second-order valence-electron chi connectivity index (χ2n) is 10.6. The minimum absolute atomic E-state index is 1.22. The first-order chi connectivity index (χ1) is 16.8. The van der Waals surface area contributed by atoms with Crippen LogP contribution < -0.4 is 0 Å². The van der Waals surface area contributed by atoms with Gasteiger partial charge in [-0.25, -0.2) is 0 Å². The third kappa shape index (κ3) is 12.9. The quantitative estimate of drug-likeness (QED) is 0.161. The molecule has 0 saturated carbocycles. The Labute approximate surface area is 211 Å². The minimum Gasteiger partial charge on any atom is -0.158 e.